The second-order valence-corrected chi connectivity index (χ2v) is 7.28. The fourth-order valence-corrected chi connectivity index (χ4v) is 3.19. The van der Waals surface area contributed by atoms with E-state index in [0.717, 1.165) is 4.88 Å². The molecule has 2 heterocycles. The number of hydrogen-bond donors (Lipinski definition) is 1. The second-order valence-electron chi connectivity index (χ2n) is 6.31. The Morgan fingerprint density at radius 1 is 1.33 bits per heavy atom. The highest BCUT2D eigenvalue weighted by Gasteiger charge is 2.41. The van der Waals surface area contributed by atoms with Crippen LogP contribution in [0.3, 0.4) is 0 Å². The average molecular weight is 309 g/mol. The van der Waals surface area contributed by atoms with Crippen LogP contribution in [0.15, 0.2) is 11.7 Å². The zero-order valence-electron chi connectivity index (χ0n) is 13.0. The van der Waals surface area contributed by atoms with Gasteiger partial charge in [-0.2, -0.15) is 0 Å². The van der Waals surface area contributed by atoms with Crippen molar-refractivity contribution in [3.63, 3.8) is 0 Å². The maximum atomic E-state index is 12.7. The summed E-state index contributed by atoms with van der Waals surface area (Å²) in [6, 6.07) is -0.802. The van der Waals surface area contributed by atoms with Gasteiger partial charge in [-0.1, -0.05) is 27.7 Å². The third-order valence-corrected chi connectivity index (χ3v) is 4.46. The van der Waals surface area contributed by atoms with Crippen molar-refractivity contribution in [1.82, 2.24) is 15.2 Å². The fourth-order valence-electron chi connectivity index (χ4n) is 2.59. The van der Waals surface area contributed by atoms with Gasteiger partial charge in [0.1, 0.15) is 12.1 Å². The van der Waals surface area contributed by atoms with Crippen molar-refractivity contribution in [3.8, 4) is 0 Å². The van der Waals surface area contributed by atoms with E-state index in [0.29, 0.717) is 18.9 Å². The van der Waals surface area contributed by atoms with Crippen molar-refractivity contribution >= 4 is 23.2 Å². The molecule has 5 nitrogen and oxygen atoms in total. The fraction of sp³-hybridized carbons (Fsp3) is 0.667. The Morgan fingerprint density at radius 3 is 2.57 bits per heavy atom. The van der Waals surface area contributed by atoms with Gasteiger partial charge < -0.3 is 10.2 Å². The zero-order valence-corrected chi connectivity index (χ0v) is 13.8. The maximum Gasteiger partial charge on any atom is 0.246 e. The molecule has 21 heavy (non-hydrogen) atoms. The van der Waals surface area contributed by atoms with E-state index in [-0.39, 0.29) is 23.8 Å². The number of thiazole rings is 1. The molecule has 1 aromatic rings. The van der Waals surface area contributed by atoms with Gasteiger partial charge in [-0.3, -0.25) is 14.6 Å². The lowest BCUT2D eigenvalue weighted by Gasteiger charge is -2.40. The third kappa shape index (κ3) is 3.61. The molecule has 0 saturated carbocycles. The number of nitrogens with zero attached hydrogens (tertiary/aromatic N) is 2. The third-order valence-electron chi connectivity index (χ3n) is 3.70. The van der Waals surface area contributed by atoms with Crippen LogP contribution in [0, 0.1) is 11.8 Å². The van der Waals surface area contributed by atoms with Gasteiger partial charge in [-0.25, -0.2) is 0 Å². The van der Waals surface area contributed by atoms with E-state index in [1.165, 1.54) is 11.3 Å². The first kappa shape index (κ1) is 15.9. The van der Waals surface area contributed by atoms with Crippen LogP contribution in [0.1, 0.15) is 39.0 Å². The van der Waals surface area contributed by atoms with Gasteiger partial charge in [0.15, 0.2) is 0 Å². The van der Waals surface area contributed by atoms with Gasteiger partial charge in [0.05, 0.1) is 12.1 Å². The molecule has 2 atom stereocenters. The van der Waals surface area contributed by atoms with Crippen molar-refractivity contribution < 1.29 is 9.59 Å². The highest BCUT2D eigenvalue weighted by molar-refractivity contribution is 7.09. The lowest BCUT2D eigenvalue weighted by molar-refractivity contribution is -0.152. The monoisotopic (exact) mass is 309 g/mol. The van der Waals surface area contributed by atoms with E-state index in [4.69, 9.17) is 0 Å². The van der Waals surface area contributed by atoms with E-state index in [2.05, 4.69) is 24.1 Å². The molecule has 2 rings (SSSR count). The quantitative estimate of drug-likeness (QED) is 0.905. The molecule has 1 aliphatic heterocycles. The smallest absolute Gasteiger partial charge is 0.246 e. The molecule has 2 amide bonds. The summed E-state index contributed by atoms with van der Waals surface area (Å²) in [7, 11) is 0. The van der Waals surface area contributed by atoms with E-state index >= 15 is 0 Å². The van der Waals surface area contributed by atoms with Gasteiger partial charge >= 0.3 is 0 Å². The molecule has 0 aliphatic carbocycles. The van der Waals surface area contributed by atoms with E-state index in [9.17, 15) is 9.59 Å². The van der Waals surface area contributed by atoms with Crippen LogP contribution in [0.2, 0.25) is 0 Å². The molecule has 1 saturated heterocycles. The number of nitrogens with one attached hydrogen (secondary N) is 1. The molecule has 1 aromatic heterocycles. The Morgan fingerprint density at radius 2 is 2.05 bits per heavy atom. The number of amides is 2. The topological polar surface area (TPSA) is 62.3 Å². The molecular formula is C15H23N3O2S. The highest BCUT2D eigenvalue weighted by Crippen LogP contribution is 2.23. The first-order valence-corrected chi connectivity index (χ1v) is 8.26. The van der Waals surface area contributed by atoms with Crippen molar-refractivity contribution in [2.45, 2.75) is 52.7 Å². The van der Waals surface area contributed by atoms with Crippen LogP contribution in [0.5, 0.6) is 0 Å². The molecule has 116 valence electrons. The van der Waals surface area contributed by atoms with Crippen LogP contribution in [-0.4, -0.2) is 33.8 Å². The normalized spacial score (nSPS) is 23.0. The van der Waals surface area contributed by atoms with Crippen molar-refractivity contribution in [3.05, 3.63) is 16.6 Å². The Balaban J connectivity index is 2.25. The summed E-state index contributed by atoms with van der Waals surface area (Å²) in [6.07, 6.45) is 2.45. The molecule has 0 radical (unpaired) electrons. The minimum absolute atomic E-state index is 0.0173. The summed E-state index contributed by atoms with van der Waals surface area (Å²) >= 11 is 1.51. The van der Waals surface area contributed by atoms with E-state index < -0.39 is 6.04 Å². The summed E-state index contributed by atoms with van der Waals surface area (Å²) in [6.45, 7) is 8.51. The van der Waals surface area contributed by atoms with E-state index in [1.807, 2.05) is 13.8 Å². The lowest BCUT2D eigenvalue weighted by atomic mass is 9.93. The van der Waals surface area contributed by atoms with Crippen LogP contribution in [0.25, 0.3) is 0 Å². The summed E-state index contributed by atoms with van der Waals surface area (Å²) in [5.41, 5.74) is 1.75. The first-order chi connectivity index (χ1) is 9.90. The van der Waals surface area contributed by atoms with Gasteiger partial charge in [0, 0.05) is 11.1 Å². The average Bonchev–Trinajstić information content (AvgIpc) is 2.89. The minimum atomic E-state index is -0.422. The predicted octanol–water partition coefficient (Wildman–Crippen LogP) is 2.04. The van der Waals surface area contributed by atoms with Crippen molar-refractivity contribution in [1.29, 1.82) is 0 Å². The number of aromatic nitrogens is 1. The van der Waals surface area contributed by atoms with E-state index in [1.54, 1.807) is 16.6 Å². The zero-order chi connectivity index (χ0) is 15.6. The van der Waals surface area contributed by atoms with Crippen molar-refractivity contribution in [2.75, 3.05) is 0 Å². The number of carbonyl (C=O) groups is 2. The second kappa shape index (κ2) is 6.56. The van der Waals surface area contributed by atoms with Crippen LogP contribution in [-0.2, 0) is 16.1 Å². The van der Waals surface area contributed by atoms with Crippen LogP contribution >= 0.6 is 11.3 Å². The standard InChI is InChI=1S/C15H23N3O2S/c1-9(2)5-12-14(19)17-13(10(3)4)15(20)18(12)7-11-6-16-8-21-11/h6,8-10,12-13H,5,7H2,1-4H3,(H,17,19). The number of rotatable bonds is 5. The maximum absolute atomic E-state index is 12.7. The summed E-state index contributed by atoms with van der Waals surface area (Å²) in [5.74, 6) is 0.425. The molecule has 0 bridgehead atoms. The number of hydrogen-bond acceptors (Lipinski definition) is 4. The molecule has 6 heteroatoms. The van der Waals surface area contributed by atoms with Gasteiger partial charge in [0.25, 0.3) is 0 Å². The molecule has 1 N–H and O–H groups in total. The van der Waals surface area contributed by atoms with Gasteiger partial charge in [-0.05, 0) is 18.3 Å². The Bertz CT molecular complexity index is 499. The first-order valence-electron chi connectivity index (χ1n) is 7.38. The Labute approximate surface area is 129 Å². The highest BCUT2D eigenvalue weighted by atomic mass is 32.1. The van der Waals surface area contributed by atoms with Crippen LogP contribution < -0.4 is 5.32 Å². The largest absolute Gasteiger partial charge is 0.342 e. The molecule has 1 aliphatic rings. The lowest BCUT2D eigenvalue weighted by Crippen LogP contribution is -2.64. The SMILES string of the molecule is CC(C)CC1C(=O)NC(C(C)C)C(=O)N1Cc1cncs1. The predicted molar refractivity (Wildman–Crippen MR) is 82.7 cm³/mol. The number of carbonyl (C=O) groups excluding carboxylic acids is 2. The van der Waals surface area contributed by atoms with Gasteiger partial charge in [0.2, 0.25) is 11.8 Å². The number of piperazine rings is 1. The van der Waals surface area contributed by atoms with Crippen LogP contribution in [0.4, 0.5) is 0 Å². The Kier molecular flexibility index (Phi) is 4.98. The summed E-state index contributed by atoms with van der Waals surface area (Å²) in [4.78, 5) is 31.9. The summed E-state index contributed by atoms with van der Waals surface area (Å²) < 4.78 is 0. The molecule has 0 spiro atoms. The van der Waals surface area contributed by atoms with Crippen molar-refractivity contribution in [2.24, 2.45) is 11.8 Å². The summed E-state index contributed by atoms with van der Waals surface area (Å²) in [5, 5.41) is 2.89. The molecule has 0 aromatic carbocycles. The Hall–Kier alpha value is -1.43. The molecular weight excluding hydrogens is 286 g/mol. The minimum Gasteiger partial charge on any atom is -0.342 e. The molecule has 2 unspecified atom stereocenters. The molecule has 1 fully saturated rings. The van der Waals surface area contributed by atoms with Gasteiger partial charge in [-0.15, -0.1) is 11.3 Å².